The minimum absolute atomic E-state index is 0.200. The Labute approximate surface area is 87.3 Å². The van der Waals surface area contributed by atoms with Crippen LogP contribution in [0.25, 0.3) is 0 Å². The van der Waals surface area contributed by atoms with E-state index in [9.17, 15) is 9.36 Å². The maximum Gasteiger partial charge on any atom is 0.329 e. The number of carboxylic acid groups (broad SMARTS) is 1. The minimum atomic E-state index is -4.20. The fourth-order valence-electron chi connectivity index (χ4n) is 0.960. The average molecular weight is 235 g/mol. The molecule has 0 radical (unpaired) electrons. The Bertz CT molecular complexity index is 319. The second kappa shape index (κ2) is 5.82. The number of nitrogens with two attached hydrogens (primary N) is 1. The summed E-state index contributed by atoms with van der Waals surface area (Å²) >= 11 is 0. The molecule has 0 bridgehead atoms. The van der Waals surface area contributed by atoms with Crippen molar-refractivity contribution >= 4 is 13.6 Å². The van der Waals surface area contributed by atoms with Gasteiger partial charge in [0.15, 0.2) is 0 Å². The quantitative estimate of drug-likeness (QED) is 0.382. The van der Waals surface area contributed by atoms with Crippen molar-refractivity contribution in [1.82, 2.24) is 0 Å². The first-order chi connectivity index (χ1) is 6.76. The molecule has 0 rings (SSSR count). The van der Waals surface area contributed by atoms with Crippen molar-refractivity contribution in [3.8, 4) is 0 Å². The molecular weight excluding hydrogens is 221 g/mol. The van der Waals surface area contributed by atoms with Crippen molar-refractivity contribution < 1.29 is 24.3 Å². The van der Waals surface area contributed by atoms with Crippen LogP contribution in [0.5, 0.6) is 0 Å². The maximum atomic E-state index is 10.7. The highest BCUT2D eigenvalue weighted by Gasteiger charge is 2.17. The monoisotopic (exact) mass is 235 g/mol. The van der Waals surface area contributed by atoms with E-state index in [2.05, 4.69) is 6.58 Å². The molecule has 1 unspecified atom stereocenters. The van der Waals surface area contributed by atoms with Gasteiger partial charge in [0.1, 0.15) is 6.04 Å². The maximum absolute atomic E-state index is 10.7. The summed E-state index contributed by atoms with van der Waals surface area (Å²) < 4.78 is 10.7. The van der Waals surface area contributed by atoms with Gasteiger partial charge in [0.05, 0.1) is 6.16 Å². The largest absolute Gasteiger partial charge is 0.480 e. The molecule has 0 amide bonds. The lowest BCUT2D eigenvalue weighted by Crippen LogP contribution is -2.28. The SMILES string of the molecule is C=CC/C(=C\C(N)C(=O)O)CP(=O)(O)O. The summed E-state index contributed by atoms with van der Waals surface area (Å²) in [5.41, 5.74) is 5.47. The summed E-state index contributed by atoms with van der Waals surface area (Å²) in [4.78, 5) is 27.8. The molecule has 0 heterocycles. The highest BCUT2D eigenvalue weighted by Crippen LogP contribution is 2.37. The van der Waals surface area contributed by atoms with Crippen LogP contribution in [0.15, 0.2) is 24.3 Å². The Morgan fingerprint density at radius 1 is 1.53 bits per heavy atom. The molecule has 0 aromatic heterocycles. The Hall–Kier alpha value is -0.940. The van der Waals surface area contributed by atoms with Gasteiger partial charge in [-0.2, -0.15) is 0 Å². The van der Waals surface area contributed by atoms with Gasteiger partial charge in [0, 0.05) is 0 Å². The van der Waals surface area contributed by atoms with E-state index < -0.39 is 25.8 Å². The molecule has 15 heavy (non-hydrogen) atoms. The Kier molecular flexibility index (Phi) is 5.46. The summed E-state index contributed by atoms with van der Waals surface area (Å²) in [5, 5.41) is 8.51. The van der Waals surface area contributed by atoms with Crippen molar-refractivity contribution in [2.45, 2.75) is 12.5 Å². The third kappa shape index (κ3) is 7.04. The van der Waals surface area contributed by atoms with Gasteiger partial charge < -0.3 is 20.6 Å². The molecular formula is C8H14NO5P. The predicted octanol–water partition coefficient (Wildman–Crippen LogP) is 0.0785. The lowest BCUT2D eigenvalue weighted by atomic mass is 10.1. The van der Waals surface area contributed by atoms with Crippen LogP contribution in [0, 0.1) is 0 Å². The van der Waals surface area contributed by atoms with Crippen LogP contribution in [-0.2, 0) is 9.36 Å². The van der Waals surface area contributed by atoms with Gasteiger partial charge in [-0.05, 0) is 6.42 Å². The first-order valence-corrected chi connectivity index (χ1v) is 5.89. The van der Waals surface area contributed by atoms with Gasteiger partial charge in [-0.15, -0.1) is 6.58 Å². The molecule has 1 atom stereocenters. The molecule has 6 nitrogen and oxygen atoms in total. The van der Waals surface area contributed by atoms with Crippen LogP contribution in [0.3, 0.4) is 0 Å². The van der Waals surface area contributed by atoms with E-state index in [0.29, 0.717) is 0 Å². The second-order valence-corrected chi connectivity index (χ2v) is 4.65. The van der Waals surface area contributed by atoms with Gasteiger partial charge >= 0.3 is 13.6 Å². The van der Waals surface area contributed by atoms with E-state index in [0.717, 1.165) is 6.08 Å². The normalized spacial score (nSPS) is 14.7. The van der Waals surface area contributed by atoms with Crippen LogP contribution in [0.2, 0.25) is 0 Å². The second-order valence-electron chi connectivity index (χ2n) is 3.00. The topological polar surface area (TPSA) is 121 Å². The van der Waals surface area contributed by atoms with E-state index in [1.165, 1.54) is 6.08 Å². The van der Waals surface area contributed by atoms with Crippen LogP contribution in [0.4, 0.5) is 0 Å². The number of carbonyl (C=O) groups is 1. The Morgan fingerprint density at radius 3 is 2.40 bits per heavy atom. The van der Waals surface area contributed by atoms with Crippen LogP contribution in [0.1, 0.15) is 6.42 Å². The number of hydrogen-bond donors (Lipinski definition) is 4. The molecule has 5 N–H and O–H groups in total. The first kappa shape index (κ1) is 14.1. The summed E-state index contributed by atoms with van der Waals surface area (Å²) in [6, 6.07) is -1.26. The first-order valence-electron chi connectivity index (χ1n) is 4.09. The lowest BCUT2D eigenvalue weighted by Gasteiger charge is -2.08. The zero-order valence-electron chi connectivity index (χ0n) is 8.04. The van der Waals surface area contributed by atoms with Crippen molar-refractivity contribution in [3.63, 3.8) is 0 Å². The molecule has 0 aliphatic rings. The molecule has 0 spiro atoms. The van der Waals surface area contributed by atoms with E-state index in [-0.39, 0.29) is 12.0 Å². The van der Waals surface area contributed by atoms with Gasteiger partial charge in [-0.1, -0.05) is 17.7 Å². The molecule has 0 aromatic carbocycles. The Balaban J connectivity index is 4.72. The number of allylic oxidation sites excluding steroid dienone is 2. The third-order valence-electron chi connectivity index (χ3n) is 1.52. The lowest BCUT2D eigenvalue weighted by molar-refractivity contribution is -0.137. The van der Waals surface area contributed by atoms with Crippen molar-refractivity contribution in [2.75, 3.05) is 6.16 Å². The molecule has 0 aromatic rings. The standard InChI is InChI=1S/C8H14NO5P/c1-2-3-6(5-15(12,13)14)4-7(9)8(10)11/h2,4,7H,1,3,5,9H2,(H,10,11)(H2,12,13,14)/b6-4+. The summed E-state index contributed by atoms with van der Waals surface area (Å²) in [6.07, 6.45) is 2.26. The fourth-order valence-corrected chi connectivity index (χ4v) is 1.72. The van der Waals surface area contributed by atoms with Gasteiger partial charge in [-0.3, -0.25) is 9.36 Å². The van der Waals surface area contributed by atoms with E-state index >= 15 is 0 Å². The van der Waals surface area contributed by atoms with Crippen LogP contribution < -0.4 is 5.73 Å². The minimum Gasteiger partial charge on any atom is -0.480 e. The fraction of sp³-hybridized carbons (Fsp3) is 0.375. The van der Waals surface area contributed by atoms with Gasteiger partial charge in [-0.25, -0.2) is 0 Å². The van der Waals surface area contributed by atoms with Crippen LogP contribution >= 0.6 is 7.60 Å². The van der Waals surface area contributed by atoms with Gasteiger partial charge in [0.2, 0.25) is 0 Å². The van der Waals surface area contributed by atoms with Crippen molar-refractivity contribution in [2.24, 2.45) is 5.73 Å². The molecule has 86 valence electrons. The summed E-state index contributed by atoms with van der Waals surface area (Å²) in [6.45, 7) is 3.40. The number of aliphatic carboxylic acids is 1. The number of carboxylic acids is 1. The zero-order chi connectivity index (χ0) is 12.1. The molecule has 7 heteroatoms. The molecule has 0 aliphatic carbocycles. The predicted molar refractivity (Wildman–Crippen MR) is 55.4 cm³/mol. The van der Waals surface area contributed by atoms with Crippen molar-refractivity contribution in [1.29, 1.82) is 0 Å². The Morgan fingerprint density at radius 2 is 2.07 bits per heavy atom. The molecule has 0 saturated heterocycles. The smallest absolute Gasteiger partial charge is 0.329 e. The van der Waals surface area contributed by atoms with E-state index in [1.54, 1.807) is 0 Å². The average Bonchev–Trinajstić information content (AvgIpc) is 2.00. The van der Waals surface area contributed by atoms with Crippen LogP contribution in [-0.4, -0.2) is 33.1 Å². The van der Waals surface area contributed by atoms with E-state index in [1.807, 2.05) is 0 Å². The summed E-state index contributed by atoms with van der Waals surface area (Å²) in [7, 11) is -4.20. The molecule has 0 aliphatic heterocycles. The molecule has 0 fully saturated rings. The molecule has 0 saturated carbocycles. The van der Waals surface area contributed by atoms with Gasteiger partial charge in [0.25, 0.3) is 0 Å². The zero-order valence-corrected chi connectivity index (χ0v) is 8.93. The summed E-state index contributed by atoms with van der Waals surface area (Å²) in [5.74, 6) is -1.25. The van der Waals surface area contributed by atoms with E-state index in [4.69, 9.17) is 20.6 Å². The van der Waals surface area contributed by atoms with Crippen molar-refractivity contribution in [3.05, 3.63) is 24.3 Å². The number of hydrogen-bond acceptors (Lipinski definition) is 3. The highest BCUT2D eigenvalue weighted by molar-refractivity contribution is 7.52. The third-order valence-corrected chi connectivity index (χ3v) is 2.33. The number of rotatable bonds is 6. The highest BCUT2D eigenvalue weighted by atomic mass is 31.2.